The lowest BCUT2D eigenvalue weighted by atomic mass is 10.3. The van der Waals surface area contributed by atoms with Crippen LogP contribution in [0.3, 0.4) is 0 Å². The molecule has 0 amide bonds. The number of benzene rings is 1. The summed E-state index contributed by atoms with van der Waals surface area (Å²) in [6, 6.07) is 5.70. The van der Waals surface area contributed by atoms with Crippen LogP contribution in [0.15, 0.2) is 24.4 Å². The zero-order valence-electron chi connectivity index (χ0n) is 10.2. The van der Waals surface area contributed by atoms with Crippen molar-refractivity contribution in [3.8, 4) is 5.69 Å². The second kappa shape index (κ2) is 5.69. The number of aromatic nitrogens is 3. The number of hydrogen-bond acceptors (Lipinski definition) is 3. The van der Waals surface area contributed by atoms with E-state index in [1.165, 1.54) is 0 Å². The molecule has 1 N–H and O–H groups in total. The Morgan fingerprint density at radius 3 is 2.78 bits per heavy atom. The Kier molecular flexibility index (Phi) is 4.22. The molecule has 18 heavy (non-hydrogen) atoms. The van der Waals surface area contributed by atoms with Gasteiger partial charge in [0.05, 0.1) is 22.6 Å². The minimum absolute atomic E-state index is 0.397. The summed E-state index contributed by atoms with van der Waals surface area (Å²) in [5.41, 5.74) is 1.73. The third-order valence-corrected chi connectivity index (χ3v) is 2.99. The van der Waals surface area contributed by atoms with Gasteiger partial charge in [0, 0.05) is 17.6 Å². The third kappa shape index (κ3) is 3.02. The molecule has 0 saturated carbocycles. The molecule has 0 bridgehead atoms. The zero-order chi connectivity index (χ0) is 13.1. The van der Waals surface area contributed by atoms with Gasteiger partial charge in [0.25, 0.3) is 0 Å². The Hall–Kier alpha value is -1.10. The monoisotopic (exact) mass is 284 g/mol. The molecule has 0 fully saturated rings. The quantitative estimate of drug-likeness (QED) is 0.938. The number of nitrogens with zero attached hydrogens (tertiary/aromatic N) is 3. The summed E-state index contributed by atoms with van der Waals surface area (Å²) in [4.78, 5) is 0. The summed E-state index contributed by atoms with van der Waals surface area (Å²) >= 11 is 12.0. The number of hydrogen-bond donors (Lipinski definition) is 1. The second-order valence-electron chi connectivity index (χ2n) is 4.27. The molecule has 1 aromatic heterocycles. The van der Waals surface area contributed by atoms with E-state index < -0.39 is 0 Å². The van der Waals surface area contributed by atoms with Crippen LogP contribution in [0.25, 0.3) is 5.69 Å². The Morgan fingerprint density at radius 1 is 1.33 bits per heavy atom. The van der Waals surface area contributed by atoms with Crippen molar-refractivity contribution in [2.45, 2.75) is 26.4 Å². The van der Waals surface area contributed by atoms with Crippen molar-refractivity contribution in [2.75, 3.05) is 0 Å². The lowest BCUT2D eigenvalue weighted by Crippen LogP contribution is -2.23. The summed E-state index contributed by atoms with van der Waals surface area (Å²) in [6.45, 7) is 4.86. The van der Waals surface area contributed by atoms with Crippen molar-refractivity contribution in [2.24, 2.45) is 0 Å². The molecule has 0 atom stereocenters. The van der Waals surface area contributed by atoms with Gasteiger partial charge in [-0.25, -0.2) is 4.68 Å². The lowest BCUT2D eigenvalue weighted by Gasteiger charge is -2.10. The van der Waals surface area contributed by atoms with Crippen LogP contribution < -0.4 is 5.32 Å². The Labute approximate surface area is 116 Å². The Bertz CT molecular complexity index is 537. The maximum Gasteiger partial charge on any atom is 0.0854 e. The first kappa shape index (κ1) is 13.3. The molecule has 1 aromatic carbocycles. The fourth-order valence-corrected chi connectivity index (χ4v) is 2.03. The molecule has 0 saturated heterocycles. The molecule has 0 spiro atoms. The molecule has 1 heterocycles. The predicted octanol–water partition coefficient (Wildman–Crippen LogP) is 3.07. The SMILES string of the molecule is CC(C)NCc1cnnn1-c1ccc(Cl)cc1Cl. The molecule has 0 aliphatic carbocycles. The topological polar surface area (TPSA) is 42.7 Å². The van der Waals surface area contributed by atoms with E-state index in [1.54, 1.807) is 23.0 Å². The average molecular weight is 285 g/mol. The highest BCUT2D eigenvalue weighted by atomic mass is 35.5. The molecule has 2 aromatic rings. The fraction of sp³-hybridized carbons (Fsp3) is 0.333. The van der Waals surface area contributed by atoms with Gasteiger partial charge in [-0.2, -0.15) is 0 Å². The van der Waals surface area contributed by atoms with Gasteiger partial charge in [0.2, 0.25) is 0 Å². The molecule has 0 radical (unpaired) electrons. The molecule has 0 aliphatic rings. The van der Waals surface area contributed by atoms with E-state index in [9.17, 15) is 0 Å². The van der Waals surface area contributed by atoms with Crippen molar-refractivity contribution < 1.29 is 0 Å². The molecule has 4 nitrogen and oxygen atoms in total. The van der Waals surface area contributed by atoms with Gasteiger partial charge >= 0.3 is 0 Å². The first-order chi connectivity index (χ1) is 8.58. The summed E-state index contributed by atoms with van der Waals surface area (Å²) in [6.07, 6.45) is 1.72. The van der Waals surface area contributed by atoms with Crippen molar-refractivity contribution >= 4 is 23.2 Å². The molecule has 6 heteroatoms. The normalized spacial score (nSPS) is 11.2. The highest BCUT2D eigenvalue weighted by molar-refractivity contribution is 6.35. The van der Waals surface area contributed by atoms with Crippen LogP contribution in [0.5, 0.6) is 0 Å². The van der Waals surface area contributed by atoms with E-state index in [0.717, 1.165) is 11.4 Å². The smallest absolute Gasteiger partial charge is 0.0854 e. The van der Waals surface area contributed by atoms with E-state index in [1.807, 2.05) is 6.07 Å². The van der Waals surface area contributed by atoms with Crippen LogP contribution >= 0.6 is 23.2 Å². The zero-order valence-corrected chi connectivity index (χ0v) is 11.7. The maximum absolute atomic E-state index is 6.16. The minimum Gasteiger partial charge on any atom is -0.309 e. The van der Waals surface area contributed by atoms with Crippen LogP contribution in [-0.2, 0) is 6.54 Å². The summed E-state index contributed by atoms with van der Waals surface area (Å²) in [5.74, 6) is 0. The highest BCUT2D eigenvalue weighted by Gasteiger charge is 2.10. The van der Waals surface area contributed by atoms with E-state index in [2.05, 4.69) is 29.5 Å². The fourth-order valence-electron chi connectivity index (χ4n) is 1.54. The lowest BCUT2D eigenvalue weighted by molar-refractivity contribution is 0.570. The van der Waals surface area contributed by atoms with Crippen LogP contribution in [0.1, 0.15) is 19.5 Å². The highest BCUT2D eigenvalue weighted by Crippen LogP contribution is 2.24. The first-order valence-electron chi connectivity index (χ1n) is 5.66. The molecule has 2 rings (SSSR count). The summed E-state index contributed by atoms with van der Waals surface area (Å²) < 4.78 is 1.72. The van der Waals surface area contributed by atoms with Gasteiger partial charge in [0.15, 0.2) is 0 Å². The number of halogens is 2. The van der Waals surface area contributed by atoms with Crippen molar-refractivity contribution in [1.29, 1.82) is 0 Å². The maximum atomic E-state index is 6.16. The van der Waals surface area contributed by atoms with Gasteiger partial charge in [-0.15, -0.1) is 5.10 Å². The predicted molar refractivity (Wildman–Crippen MR) is 73.4 cm³/mol. The minimum atomic E-state index is 0.397. The second-order valence-corrected chi connectivity index (χ2v) is 5.11. The van der Waals surface area contributed by atoms with Crippen molar-refractivity contribution in [1.82, 2.24) is 20.3 Å². The molecule has 0 unspecified atom stereocenters. The molecule has 0 aliphatic heterocycles. The number of rotatable bonds is 4. The van der Waals surface area contributed by atoms with E-state index in [-0.39, 0.29) is 0 Å². The van der Waals surface area contributed by atoms with Crippen LogP contribution in [0.2, 0.25) is 10.0 Å². The Balaban J connectivity index is 2.30. The van der Waals surface area contributed by atoms with Gasteiger partial charge in [-0.1, -0.05) is 42.3 Å². The van der Waals surface area contributed by atoms with Crippen LogP contribution in [0, 0.1) is 0 Å². The van der Waals surface area contributed by atoms with Crippen LogP contribution in [-0.4, -0.2) is 21.0 Å². The molecular weight excluding hydrogens is 271 g/mol. The van der Waals surface area contributed by atoms with Crippen LogP contribution in [0.4, 0.5) is 0 Å². The van der Waals surface area contributed by atoms with Gasteiger partial charge < -0.3 is 5.32 Å². The van der Waals surface area contributed by atoms with E-state index >= 15 is 0 Å². The van der Waals surface area contributed by atoms with E-state index in [0.29, 0.717) is 22.6 Å². The molecular formula is C12H14Cl2N4. The largest absolute Gasteiger partial charge is 0.309 e. The van der Waals surface area contributed by atoms with Gasteiger partial charge in [-0.05, 0) is 18.2 Å². The standard InChI is InChI=1S/C12H14Cl2N4/c1-8(2)15-6-10-7-16-17-18(10)12-4-3-9(13)5-11(12)14/h3-5,7-8,15H,6H2,1-2H3. The average Bonchev–Trinajstić information content (AvgIpc) is 2.74. The first-order valence-corrected chi connectivity index (χ1v) is 6.42. The summed E-state index contributed by atoms with van der Waals surface area (Å²) in [5, 5.41) is 12.5. The van der Waals surface area contributed by atoms with Gasteiger partial charge in [-0.3, -0.25) is 0 Å². The number of nitrogens with one attached hydrogen (secondary N) is 1. The Morgan fingerprint density at radius 2 is 2.11 bits per heavy atom. The van der Waals surface area contributed by atoms with Crippen molar-refractivity contribution in [3.63, 3.8) is 0 Å². The van der Waals surface area contributed by atoms with Crippen molar-refractivity contribution in [3.05, 3.63) is 40.1 Å². The van der Waals surface area contributed by atoms with E-state index in [4.69, 9.17) is 23.2 Å². The third-order valence-electron chi connectivity index (χ3n) is 2.45. The van der Waals surface area contributed by atoms with Gasteiger partial charge in [0.1, 0.15) is 0 Å². The summed E-state index contributed by atoms with van der Waals surface area (Å²) in [7, 11) is 0. The molecule has 96 valence electrons.